The van der Waals surface area contributed by atoms with Gasteiger partial charge in [-0.25, -0.2) is 8.42 Å². The fraction of sp³-hybridized carbons (Fsp3) is 0.240. The van der Waals surface area contributed by atoms with E-state index in [1.807, 2.05) is 38.1 Å². The number of aryl methyl sites for hydroxylation is 1. The quantitative estimate of drug-likeness (QED) is 0.614. The van der Waals surface area contributed by atoms with E-state index in [0.717, 1.165) is 22.4 Å². The van der Waals surface area contributed by atoms with E-state index in [2.05, 4.69) is 5.32 Å². The maximum absolute atomic E-state index is 13.3. The van der Waals surface area contributed by atoms with Crippen molar-refractivity contribution in [3.63, 3.8) is 0 Å². The van der Waals surface area contributed by atoms with Crippen LogP contribution < -0.4 is 14.4 Å². The predicted octanol–water partition coefficient (Wildman–Crippen LogP) is 4.07. The second-order valence-corrected chi connectivity index (χ2v) is 9.86. The molecule has 1 amide bonds. The Morgan fingerprint density at radius 1 is 1.06 bits per heavy atom. The molecule has 1 aliphatic heterocycles. The highest BCUT2D eigenvalue weighted by Crippen LogP contribution is 2.37. The number of fused-ring (bicyclic) bond motifs is 1. The minimum atomic E-state index is -3.68. The van der Waals surface area contributed by atoms with Crippen LogP contribution in [0.1, 0.15) is 34.0 Å². The van der Waals surface area contributed by atoms with Crippen molar-refractivity contribution in [2.45, 2.75) is 37.8 Å². The number of methoxy groups -OCH3 is 1. The molecule has 32 heavy (non-hydrogen) atoms. The Bertz CT molecular complexity index is 1240. The number of carbonyl (C=O) groups is 1. The van der Waals surface area contributed by atoms with Crippen molar-refractivity contribution in [2.75, 3.05) is 11.4 Å². The molecule has 0 unspecified atom stereocenters. The highest BCUT2D eigenvalue weighted by molar-refractivity contribution is 7.92. The Morgan fingerprint density at radius 3 is 2.41 bits per heavy atom. The number of anilines is 1. The molecule has 6 nitrogen and oxygen atoms in total. The van der Waals surface area contributed by atoms with Crippen molar-refractivity contribution in [1.29, 1.82) is 0 Å². The molecule has 7 heteroatoms. The summed E-state index contributed by atoms with van der Waals surface area (Å²) in [6, 6.07) is 19.3. The first kappa shape index (κ1) is 21.9. The van der Waals surface area contributed by atoms with Crippen LogP contribution in [0, 0.1) is 6.92 Å². The molecule has 0 aliphatic carbocycles. The predicted molar refractivity (Wildman–Crippen MR) is 125 cm³/mol. The van der Waals surface area contributed by atoms with Crippen LogP contribution in [0.4, 0.5) is 5.69 Å². The van der Waals surface area contributed by atoms with Gasteiger partial charge in [-0.15, -0.1) is 0 Å². The molecule has 4 rings (SSSR count). The van der Waals surface area contributed by atoms with Gasteiger partial charge in [0.2, 0.25) is 0 Å². The Balaban J connectivity index is 1.52. The Morgan fingerprint density at radius 2 is 1.75 bits per heavy atom. The van der Waals surface area contributed by atoms with Crippen LogP contribution in [0.3, 0.4) is 0 Å². The number of rotatable bonds is 6. The lowest BCUT2D eigenvalue weighted by atomic mass is 10.1. The van der Waals surface area contributed by atoms with Crippen LogP contribution in [0.5, 0.6) is 5.75 Å². The van der Waals surface area contributed by atoms with Crippen molar-refractivity contribution < 1.29 is 17.9 Å². The van der Waals surface area contributed by atoms with E-state index in [-0.39, 0.29) is 16.8 Å². The van der Waals surface area contributed by atoms with Gasteiger partial charge in [0.15, 0.2) is 0 Å². The smallest absolute Gasteiger partial charge is 0.264 e. The zero-order valence-corrected chi connectivity index (χ0v) is 19.1. The molecule has 1 aliphatic rings. The van der Waals surface area contributed by atoms with Gasteiger partial charge >= 0.3 is 0 Å². The fourth-order valence-corrected chi connectivity index (χ4v) is 5.65. The van der Waals surface area contributed by atoms with Crippen LogP contribution >= 0.6 is 0 Å². The first-order valence-electron chi connectivity index (χ1n) is 10.4. The number of nitrogens with zero attached hydrogens (tertiary/aromatic N) is 1. The van der Waals surface area contributed by atoms with Gasteiger partial charge in [-0.3, -0.25) is 9.10 Å². The van der Waals surface area contributed by atoms with Crippen LogP contribution in [-0.2, 0) is 23.0 Å². The Hall–Kier alpha value is -3.32. The first-order chi connectivity index (χ1) is 15.3. The highest BCUT2D eigenvalue weighted by Gasteiger charge is 2.36. The van der Waals surface area contributed by atoms with Gasteiger partial charge in [-0.05, 0) is 73.9 Å². The largest absolute Gasteiger partial charge is 0.497 e. The van der Waals surface area contributed by atoms with Crippen molar-refractivity contribution in [2.24, 2.45) is 0 Å². The van der Waals surface area contributed by atoms with Gasteiger partial charge in [-0.1, -0.05) is 29.8 Å². The summed E-state index contributed by atoms with van der Waals surface area (Å²) in [6.07, 6.45) is 0.556. The summed E-state index contributed by atoms with van der Waals surface area (Å²) in [6.45, 7) is 4.20. The molecule has 0 saturated carbocycles. The molecular weight excluding hydrogens is 424 g/mol. The molecule has 0 bridgehead atoms. The average molecular weight is 451 g/mol. The third-order valence-corrected chi connectivity index (χ3v) is 7.63. The van der Waals surface area contributed by atoms with Crippen molar-refractivity contribution in [3.8, 4) is 5.75 Å². The summed E-state index contributed by atoms with van der Waals surface area (Å²) < 4.78 is 33.2. The normalized spacial score (nSPS) is 15.3. The number of carbonyl (C=O) groups excluding carboxylic acids is 1. The van der Waals surface area contributed by atoms with Crippen LogP contribution in [-0.4, -0.2) is 27.5 Å². The van der Waals surface area contributed by atoms with E-state index >= 15 is 0 Å². The Labute approximate surface area is 188 Å². The number of ether oxygens (including phenoxy) is 1. The number of sulfonamides is 1. The average Bonchev–Trinajstić information content (AvgIpc) is 3.13. The summed E-state index contributed by atoms with van der Waals surface area (Å²) >= 11 is 0. The van der Waals surface area contributed by atoms with Crippen LogP contribution in [0.25, 0.3) is 0 Å². The maximum atomic E-state index is 13.3. The third kappa shape index (κ3) is 4.21. The zero-order chi connectivity index (χ0) is 22.9. The topological polar surface area (TPSA) is 75.7 Å². The molecule has 0 aromatic heterocycles. The fourth-order valence-electron chi connectivity index (χ4n) is 3.96. The Kier molecular flexibility index (Phi) is 5.93. The number of amides is 1. The molecule has 1 N–H and O–H groups in total. The maximum Gasteiger partial charge on any atom is 0.264 e. The lowest BCUT2D eigenvalue weighted by Crippen LogP contribution is -2.35. The van der Waals surface area contributed by atoms with Gasteiger partial charge in [0, 0.05) is 18.2 Å². The second kappa shape index (κ2) is 8.67. The molecular formula is C25H26N2O4S. The zero-order valence-electron chi connectivity index (χ0n) is 18.3. The molecule has 0 radical (unpaired) electrons. The van der Waals surface area contributed by atoms with E-state index in [9.17, 15) is 13.2 Å². The van der Waals surface area contributed by atoms with Crippen molar-refractivity contribution >= 4 is 21.6 Å². The van der Waals surface area contributed by atoms with E-state index in [1.54, 1.807) is 49.6 Å². The highest BCUT2D eigenvalue weighted by atomic mass is 32.2. The summed E-state index contributed by atoms with van der Waals surface area (Å²) in [4.78, 5) is 13.0. The van der Waals surface area contributed by atoms with Gasteiger partial charge < -0.3 is 10.1 Å². The molecule has 166 valence electrons. The van der Waals surface area contributed by atoms with Crippen LogP contribution in [0.2, 0.25) is 0 Å². The minimum Gasteiger partial charge on any atom is -0.497 e. The van der Waals surface area contributed by atoms with Gasteiger partial charge in [0.05, 0.1) is 17.7 Å². The molecule has 1 heterocycles. The number of benzene rings is 3. The monoisotopic (exact) mass is 450 g/mol. The van der Waals surface area contributed by atoms with Crippen molar-refractivity contribution in [1.82, 2.24) is 5.32 Å². The van der Waals surface area contributed by atoms with Gasteiger partial charge in [0.1, 0.15) is 5.75 Å². The number of hydrogen-bond donors (Lipinski definition) is 1. The third-order valence-electron chi connectivity index (χ3n) is 5.68. The molecule has 0 saturated heterocycles. The van der Waals surface area contributed by atoms with Crippen LogP contribution in [0.15, 0.2) is 71.6 Å². The number of hydrogen-bond acceptors (Lipinski definition) is 4. The van der Waals surface area contributed by atoms with E-state index in [1.165, 1.54) is 4.31 Å². The molecule has 0 fully saturated rings. The molecule has 1 atom stereocenters. The minimum absolute atomic E-state index is 0.198. The lowest BCUT2D eigenvalue weighted by molar-refractivity contribution is 0.0951. The molecule has 3 aromatic rings. The molecule has 3 aromatic carbocycles. The summed E-state index contributed by atoms with van der Waals surface area (Å²) in [5.41, 5.74) is 3.96. The number of nitrogens with one attached hydrogen (secondary N) is 1. The lowest BCUT2D eigenvalue weighted by Gasteiger charge is -2.24. The van der Waals surface area contributed by atoms with E-state index in [0.29, 0.717) is 24.2 Å². The molecule has 0 spiro atoms. The second-order valence-electron chi connectivity index (χ2n) is 8.04. The van der Waals surface area contributed by atoms with Gasteiger partial charge in [-0.2, -0.15) is 0 Å². The summed E-state index contributed by atoms with van der Waals surface area (Å²) in [5.74, 6) is 0.564. The van der Waals surface area contributed by atoms with E-state index in [4.69, 9.17) is 4.74 Å². The van der Waals surface area contributed by atoms with E-state index < -0.39 is 10.0 Å². The summed E-state index contributed by atoms with van der Waals surface area (Å²) in [7, 11) is -2.07. The SMILES string of the molecule is COc1ccc(CNC(=O)c2ccc3c(c2)C[C@@H](C)N3S(=O)(=O)c2ccc(C)cc2)cc1. The summed E-state index contributed by atoms with van der Waals surface area (Å²) in [5, 5.41) is 2.92. The first-order valence-corrected chi connectivity index (χ1v) is 11.9. The van der Waals surface area contributed by atoms with Gasteiger partial charge in [0.25, 0.3) is 15.9 Å². The standard InChI is InChI=1S/C25H26N2O4S/c1-17-4-11-23(12-5-17)32(29,30)27-18(2)14-21-15-20(8-13-24(21)27)25(28)26-16-19-6-9-22(31-3)10-7-19/h4-13,15,18H,14,16H2,1-3H3,(H,26,28)/t18-/m1/s1. The van der Waals surface area contributed by atoms with Crippen molar-refractivity contribution in [3.05, 3.63) is 89.0 Å².